The van der Waals surface area contributed by atoms with Crippen molar-refractivity contribution in [3.63, 3.8) is 0 Å². The summed E-state index contributed by atoms with van der Waals surface area (Å²) in [7, 11) is 0. The van der Waals surface area contributed by atoms with Crippen LogP contribution in [0.1, 0.15) is 13.3 Å². The standard InChI is InChI=1S/C12H14ClFN2/c1-2-10(13)9(7-15)8-16-12-6-4-3-5-11(12)14/h3-8,10,15-16H,2H2,1H3/b9-8+,15-7?. The Morgan fingerprint density at radius 3 is 2.81 bits per heavy atom. The average Bonchev–Trinajstić information content (AvgIpc) is 2.31. The van der Waals surface area contributed by atoms with Crippen LogP contribution < -0.4 is 5.32 Å². The van der Waals surface area contributed by atoms with Gasteiger partial charge in [-0.3, -0.25) is 0 Å². The van der Waals surface area contributed by atoms with Gasteiger partial charge in [0.1, 0.15) is 5.82 Å². The molecule has 0 amide bonds. The van der Waals surface area contributed by atoms with Crippen molar-refractivity contribution in [1.82, 2.24) is 0 Å². The first-order chi connectivity index (χ1) is 7.69. The Morgan fingerprint density at radius 2 is 2.25 bits per heavy atom. The highest BCUT2D eigenvalue weighted by Crippen LogP contribution is 2.15. The number of hydrogen-bond acceptors (Lipinski definition) is 2. The quantitative estimate of drug-likeness (QED) is 0.596. The molecule has 1 aromatic carbocycles. The van der Waals surface area contributed by atoms with E-state index in [4.69, 9.17) is 17.0 Å². The molecule has 0 bridgehead atoms. The summed E-state index contributed by atoms with van der Waals surface area (Å²) in [5.74, 6) is -0.328. The average molecular weight is 241 g/mol. The third kappa shape index (κ3) is 3.35. The van der Waals surface area contributed by atoms with Gasteiger partial charge in [0, 0.05) is 18.0 Å². The Bertz CT molecular complexity index is 390. The maximum Gasteiger partial charge on any atom is 0.146 e. The number of rotatable bonds is 5. The van der Waals surface area contributed by atoms with Gasteiger partial charge in [0.2, 0.25) is 0 Å². The van der Waals surface area contributed by atoms with Gasteiger partial charge in [-0.2, -0.15) is 0 Å². The van der Waals surface area contributed by atoms with Crippen molar-refractivity contribution in [2.24, 2.45) is 0 Å². The minimum atomic E-state index is -0.328. The summed E-state index contributed by atoms with van der Waals surface area (Å²) < 4.78 is 13.2. The molecule has 0 saturated heterocycles. The largest absolute Gasteiger partial charge is 0.359 e. The van der Waals surface area contributed by atoms with Crippen molar-refractivity contribution >= 4 is 23.5 Å². The highest BCUT2D eigenvalue weighted by Gasteiger charge is 2.06. The fraction of sp³-hybridized carbons (Fsp3) is 0.250. The van der Waals surface area contributed by atoms with Crippen molar-refractivity contribution in [3.8, 4) is 0 Å². The SMILES string of the molecule is CCC(Cl)/C(C=N)=C/Nc1ccccc1F. The van der Waals surface area contributed by atoms with Crippen molar-refractivity contribution in [2.45, 2.75) is 18.7 Å². The zero-order valence-corrected chi connectivity index (χ0v) is 9.76. The number of halogens is 2. The molecule has 0 saturated carbocycles. The highest BCUT2D eigenvalue weighted by molar-refractivity contribution is 6.24. The second kappa shape index (κ2) is 6.28. The highest BCUT2D eigenvalue weighted by atomic mass is 35.5. The molecule has 0 radical (unpaired) electrons. The van der Waals surface area contributed by atoms with Gasteiger partial charge in [0.05, 0.1) is 11.1 Å². The predicted molar refractivity (Wildman–Crippen MR) is 66.8 cm³/mol. The molecule has 16 heavy (non-hydrogen) atoms. The van der Waals surface area contributed by atoms with Gasteiger partial charge in [-0.15, -0.1) is 11.6 Å². The molecule has 0 spiro atoms. The Hall–Kier alpha value is -1.35. The first-order valence-corrected chi connectivity index (χ1v) is 5.48. The van der Waals surface area contributed by atoms with E-state index in [0.717, 1.165) is 6.42 Å². The molecule has 2 nitrogen and oxygen atoms in total. The molecule has 1 aromatic rings. The van der Waals surface area contributed by atoms with Crippen LogP contribution in [0.25, 0.3) is 0 Å². The lowest BCUT2D eigenvalue weighted by Gasteiger charge is -2.08. The summed E-state index contributed by atoms with van der Waals surface area (Å²) >= 11 is 5.98. The number of hydrogen-bond donors (Lipinski definition) is 2. The van der Waals surface area contributed by atoms with Gasteiger partial charge in [-0.25, -0.2) is 4.39 Å². The van der Waals surface area contributed by atoms with E-state index in [1.54, 1.807) is 24.4 Å². The number of allylic oxidation sites excluding steroid dienone is 1. The van der Waals surface area contributed by atoms with Crippen LogP contribution in [0.2, 0.25) is 0 Å². The molecular formula is C12H14ClFN2. The Balaban J connectivity index is 2.78. The summed E-state index contributed by atoms with van der Waals surface area (Å²) in [4.78, 5) is 0. The van der Waals surface area contributed by atoms with Crippen LogP contribution in [0.4, 0.5) is 10.1 Å². The summed E-state index contributed by atoms with van der Waals surface area (Å²) in [6.07, 6.45) is 3.46. The monoisotopic (exact) mass is 240 g/mol. The summed E-state index contributed by atoms with van der Waals surface area (Å²) in [5, 5.41) is 9.78. The van der Waals surface area contributed by atoms with Gasteiger partial charge in [0.25, 0.3) is 0 Å². The van der Waals surface area contributed by atoms with Gasteiger partial charge in [-0.05, 0) is 18.6 Å². The van der Waals surface area contributed by atoms with Crippen LogP contribution in [0.5, 0.6) is 0 Å². The summed E-state index contributed by atoms with van der Waals surface area (Å²) in [6, 6.07) is 6.36. The molecule has 0 aromatic heterocycles. The van der Waals surface area contributed by atoms with Crippen molar-refractivity contribution < 1.29 is 4.39 Å². The number of benzene rings is 1. The molecule has 0 fully saturated rings. The predicted octanol–water partition coefficient (Wildman–Crippen LogP) is 3.79. The lowest BCUT2D eigenvalue weighted by Crippen LogP contribution is -2.05. The molecule has 2 N–H and O–H groups in total. The molecule has 1 unspecified atom stereocenters. The summed E-state index contributed by atoms with van der Waals surface area (Å²) in [5.41, 5.74) is 1.01. The molecule has 0 aliphatic rings. The van der Waals surface area contributed by atoms with Gasteiger partial charge in [0.15, 0.2) is 0 Å². The van der Waals surface area contributed by atoms with E-state index < -0.39 is 0 Å². The molecule has 1 atom stereocenters. The van der Waals surface area contributed by atoms with E-state index in [9.17, 15) is 4.39 Å². The second-order valence-electron chi connectivity index (χ2n) is 3.29. The minimum absolute atomic E-state index is 0.225. The van der Waals surface area contributed by atoms with E-state index in [-0.39, 0.29) is 11.2 Å². The molecule has 86 valence electrons. The summed E-state index contributed by atoms with van der Waals surface area (Å²) in [6.45, 7) is 1.93. The van der Waals surface area contributed by atoms with E-state index in [0.29, 0.717) is 11.3 Å². The number of alkyl halides is 1. The fourth-order valence-electron chi connectivity index (χ4n) is 1.20. The number of para-hydroxylation sites is 1. The van der Waals surface area contributed by atoms with Crippen LogP contribution in [0, 0.1) is 11.2 Å². The molecule has 4 heteroatoms. The molecule has 0 heterocycles. The Kier molecular flexibility index (Phi) is 4.99. The maximum absolute atomic E-state index is 13.2. The van der Waals surface area contributed by atoms with Crippen LogP contribution in [-0.2, 0) is 0 Å². The molecule has 0 aliphatic heterocycles. The molecule has 0 aliphatic carbocycles. The smallest absolute Gasteiger partial charge is 0.146 e. The number of nitrogens with one attached hydrogen (secondary N) is 2. The second-order valence-corrected chi connectivity index (χ2v) is 3.82. The van der Waals surface area contributed by atoms with Crippen molar-refractivity contribution in [2.75, 3.05) is 5.32 Å². The maximum atomic E-state index is 13.2. The topological polar surface area (TPSA) is 35.9 Å². The number of anilines is 1. The van der Waals surface area contributed by atoms with Crippen LogP contribution in [-0.4, -0.2) is 11.6 Å². The fourth-order valence-corrected chi connectivity index (χ4v) is 1.32. The zero-order chi connectivity index (χ0) is 12.0. The van der Waals surface area contributed by atoms with Gasteiger partial charge < -0.3 is 10.7 Å². The first-order valence-electron chi connectivity index (χ1n) is 5.04. The lowest BCUT2D eigenvalue weighted by atomic mass is 10.2. The lowest BCUT2D eigenvalue weighted by molar-refractivity contribution is 0.632. The third-order valence-corrected chi connectivity index (χ3v) is 2.72. The minimum Gasteiger partial charge on any atom is -0.359 e. The normalized spacial score (nSPS) is 13.3. The Morgan fingerprint density at radius 1 is 1.56 bits per heavy atom. The van der Waals surface area contributed by atoms with E-state index >= 15 is 0 Å². The van der Waals surface area contributed by atoms with E-state index in [2.05, 4.69) is 5.32 Å². The van der Waals surface area contributed by atoms with Crippen LogP contribution in [0.3, 0.4) is 0 Å². The first kappa shape index (κ1) is 12.7. The van der Waals surface area contributed by atoms with Crippen molar-refractivity contribution in [3.05, 3.63) is 41.9 Å². The van der Waals surface area contributed by atoms with Gasteiger partial charge >= 0.3 is 0 Å². The van der Waals surface area contributed by atoms with E-state index in [1.807, 2.05) is 6.92 Å². The molecule has 1 rings (SSSR count). The zero-order valence-electron chi connectivity index (χ0n) is 9.00. The van der Waals surface area contributed by atoms with Crippen molar-refractivity contribution in [1.29, 1.82) is 5.41 Å². The van der Waals surface area contributed by atoms with E-state index in [1.165, 1.54) is 12.3 Å². The van der Waals surface area contributed by atoms with Crippen LogP contribution in [0.15, 0.2) is 36.0 Å². The molecular weight excluding hydrogens is 227 g/mol. The Labute approximate surface area is 99.6 Å². The van der Waals surface area contributed by atoms with Crippen LogP contribution >= 0.6 is 11.6 Å². The van der Waals surface area contributed by atoms with Gasteiger partial charge in [-0.1, -0.05) is 19.1 Å². The third-order valence-electron chi connectivity index (χ3n) is 2.15.